The number of ether oxygens (including phenoxy) is 2. The van der Waals surface area contributed by atoms with Gasteiger partial charge in [-0.25, -0.2) is 0 Å². The van der Waals surface area contributed by atoms with Crippen molar-refractivity contribution in [2.24, 2.45) is 0 Å². The van der Waals surface area contributed by atoms with Gasteiger partial charge >= 0.3 is 5.97 Å². The Morgan fingerprint density at radius 1 is 1.26 bits per heavy atom. The van der Waals surface area contributed by atoms with Gasteiger partial charge in [-0.2, -0.15) is 0 Å². The first-order valence-electron chi connectivity index (χ1n) is 6.60. The zero-order chi connectivity index (χ0) is 14.1. The summed E-state index contributed by atoms with van der Waals surface area (Å²) in [5.74, 6) is -0.279. The van der Waals surface area contributed by atoms with Gasteiger partial charge in [0.15, 0.2) is 0 Å². The van der Waals surface area contributed by atoms with Crippen LogP contribution in [0, 0.1) is 0 Å². The van der Waals surface area contributed by atoms with E-state index in [1.54, 1.807) is 0 Å². The summed E-state index contributed by atoms with van der Waals surface area (Å²) in [6, 6.07) is 10.3. The Balaban J connectivity index is 2.33. The average molecular weight is 265 g/mol. The quantitative estimate of drug-likeness (QED) is 0.732. The second kappa shape index (κ2) is 8.67. The van der Waals surface area contributed by atoms with Crippen LogP contribution in [0.3, 0.4) is 0 Å². The summed E-state index contributed by atoms with van der Waals surface area (Å²) in [6.45, 7) is 7.05. The lowest BCUT2D eigenvalue weighted by atomic mass is 10.2. The summed E-state index contributed by atoms with van der Waals surface area (Å²) in [4.78, 5) is 11.0. The van der Waals surface area contributed by atoms with Crippen molar-refractivity contribution in [3.63, 3.8) is 0 Å². The Kier molecular flexibility index (Phi) is 7.15. The first-order valence-corrected chi connectivity index (χ1v) is 6.60. The van der Waals surface area contributed by atoms with E-state index in [2.05, 4.69) is 19.2 Å². The minimum absolute atomic E-state index is 0.247. The van der Waals surface area contributed by atoms with E-state index in [0.717, 1.165) is 5.56 Å². The average Bonchev–Trinajstić information content (AvgIpc) is 2.36. The van der Waals surface area contributed by atoms with Crippen molar-refractivity contribution >= 4 is 5.97 Å². The molecule has 1 aromatic carbocycles. The van der Waals surface area contributed by atoms with Crippen molar-refractivity contribution in [1.82, 2.24) is 5.32 Å². The molecule has 1 rings (SSSR count). The van der Waals surface area contributed by atoms with Gasteiger partial charge in [-0.3, -0.25) is 4.79 Å². The van der Waals surface area contributed by atoms with Gasteiger partial charge < -0.3 is 14.8 Å². The summed E-state index contributed by atoms with van der Waals surface area (Å²) in [5.41, 5.74) is 1.11. The lowest BCUT2D eigenvalue weighted by molar-refractivity contribution is -0.149. The summed E-state index contributed by atoms with van der Waals surface area (Å²) >= 11 is 0. The molecule has 0 amide bonds. The molecule has 0 fully saturated rings. The maximum Gasteiger partial charge on any atom is 0.303 e. The van der Waals surface area contributed by atoms with E-state index in [1.165, 1.54) is 6.92 Å². The minimum Gasteiger partial charge on any atom is -0.459 e. The van der Waals surface area contributed by atoms with Crippen LogP contribution < -0.4 is 5.32 Å². The molecular weight excluding hydrogens is 242 g/mol. The van der Waals surface area contributed by atoms with Crippen LogP contribution in [0.25, 0.3) is 0 Å². The fraction of sp³-hybridized carbons (Fsp3) is 0.533. The predicted molar refractivity (Wildman–Crippen MR) is 74.8 cm³/mol. The second-order valence-corrected chi connectivity index (χ2v) is 4.80. The van der Waals surface area contributed by atoms with E-state index in [0.29, 0.717) is 25.8 Å². The third-order valence-electron chi connectivity index (χ3n) is 2.50. The molecule has 0 aromatic heterocycles. The molecule has 0 heterocycles. The normalized spacial score (nSPS) is 12.4. The molecule has 0 radical (unpaired) electrons. The predicted octanol–water partition coefficient (Wildman–Crippen LogP) is 2.13. The summed E-state index contributed by atoms with van der Waals surface area (Å²) < 4.78 is 10.8. The highest BCUT2D eigenvalue weighted by Crippen LogP contribution is 2.02. The van der Waals surface area contributed by atoms with Crippen LogP contribution in [0.1, 0.15) is 26.3 Å². The lowest BCUT2D eigenvalue weighted by Crippen LogP contribution is -2.37. The first-order chi connectivity index (χ1) is 9.08. The molecule has 1 atom stereocenters. The van der Waals surface area contributed by atoms with Crippen LogP contribution >= 0.6 is 0 Å². The summed E-state index contributed by atoms with van der Waals surface area (Å²) in [7, 11) is 0. The van der Waals surface area contributed by atoms with Crippen LogP contribution in [0.2, 0.25) is 0 Å². The highest BCUT2D eigenvalue weighted by molar-refractivity contribution is 5.66. The van der Waals surface area contributed by atoms with Gasteiger partial charge in [0.2, 0.25) is 0 Å². The highest BCUT2D eigenvalue weighted by Gasteiger charge is 2.12. The SMILES string of the molecule is CC(=O)OC(CNC(C)C)COCc1ccccc1. The van der Waals surface area contributed by atoms with Crippen LogP contribution in [0.15, 0.2) is 30.3 Å². The van der Waals surface area contributed by atoms with Crippen molar-refractivity contribution in [2.45, 2.75) is 39.5 Å². The molecule has 1 aromatic rings. The standard InChI is InChI=1S/C15H23NO3/c1-12(2)16-9-15(19-13(3)17)11-18-10-14-7-5-4-6-8-14/h4-8,12,15-16H,9-11H2,1-3H3. The number of carbonyl (C=O) groups is 1. The Hall–Kier alpha value is -1.39. The van der Waals surface area contributed by atoms with Crippen LogP contribution in [0.4, 0.5) is 0 Å². The maximum absolute atomic E-state index is 11.0. The van der Waals surface area contributed by atoms with E-state index in [-0.39, 0.29) is 12.1 Å². The summed E-state index contributed by atoms with van der Waals surface area (Å²) in [5, 5.41) is 3.24. The minimum atomic E-state index is -0.279. The largest absolute Gasteiger partial charge is 0.459 e. The van der Waals surface area contributed by atoms with Crippen molar-refractivity contribution in [3.8, 4) is 0 Å². The fourth-order valence-electron chi connectivity index (χ4n) is 1.62. The second-order valence-electron chi connectivity index (χ2n) is 4.80. The van der Waals surface area contributed by atoms with Crippen LogP contribution in [-0.2, 0) is 20.9 Å². The molecule has 0 bridgehead atoms. The Bertz CT molecular complexity index is 365. The molecule has 4 heteroatoms. The number of carbonyl (C=O) groups excluding carboxylic acids is 1. The molecule has 106 valence electrons. The molecule has 1 unspecified atom stereocenters. The smallest absolute Gasteiger partial charge is 0.303 e. The van der Waals surface area contributed by atoms with Gasteiger partial charge in [-0.05, 0) is 5.56 Å². The maximum atomic E-state index is 11.0. The molecule has 19 heavy (non-hydrogen) atoms. The Labute approximate surface area is 115 Å². The third-order valence-corrected chi connectivity index (χ3v) is 2.50. The van der Waals surface area contributed by atoms with Gasteiger partial charge in [-0.15, -0.1) is 0 Å². The van der Waals surface area contributed by atoms with E-state index < -0.39 is 0 Å². The molecular formula is C15H23NO3. The van der Waals surface area contributed by atoms with Crippen molar-refractivity contribution in [1.29, 1.82) is 0 Å². The van der Waals surface area contributed by atoms with Crippen molar-refractivity contribution < 1.29 is 14.3 Å². The van der Waals surface area contributed by atoms with E-state index >= 15 is 0 Å². The molecule has 0 aliphatic heterocycles. The number of esters is 1. The van der Waals surface area contributed by atoms with Crippen LogP contribution in [0.5, 0.6) is 0 Å². The van der Waals surface area contributed by atoms with E-state index in [1.807, 2.05) is 30.3 Å². The summed E-state index contributed by atoms with van der Waals surface area (Å²) in [6.07, 6.45) is -0.247. The Morgan fingerprint density at radius 3 is 2.53 bits per heavy atom. The lowest BCUT2D eigenvalue weighted by Gasteiger charge is -2.19. The van der Waals surface area contributed by atoms with Crippen LogP contribution in [-0.4, -0.2) is 31.3 Å². The van der Waals surface area contributed by atoms with Gasteiger partial charge in [0.25, 0.3) is 0 Å². The van der Waals surface area contributed by atoms with Crippen molar-refractivity contribution in [3.05, 3.63) is 35.9 Å². The molecule has 0 spiro atoms. The number of benzene rings is 1. The van der Waals surface area contributed by atoms with Gasteiger partial charge in [-0.1, -0.05) is 44.2 Å². The fourth-order valence-corrected chi connectivity index (χ4v) is 1.62. The molecule has 0 saturated carbocycles. The number of nitrogens with one attached hydrogen (secondary N) is 1. The monoisotopic (exact) mass is 265 g/mol. The van der Waals surface area contributed by atoms with Gasteiger partial charge in [0, 0.05) is 19.5 Å². The number of rotatable bonds is 8. The molecule has 4 nitrogen and oxygen atoms in total. The number of hydrogen-bond acceptors (Lipinski definition) is 4. The van der Waals surface area contributed by atoms with Gasteiger partial charge in [0.1, 0.15) is 6.10 Å². The first kappa shape index (κ1) is 15.7. The zero-order valence-corrected chi connectivity index (χ0v) is 11.9. The highest BCUT2D eigenvalue weighted by atomic mass is 16.6. The molecule has 0 aliphatic carbocycles. The van der Waals surface area contributed by atoms with E-state index in [9.17, 15) is 4.79 Å². The van der Waals surface area contributed by atoms with Gasteiger partial charge in [0.05, 0.1) is 13.2 Å². The molecule has 1 N–H and O–H groups in total. The molecule has 0 saturated heterocycles. The molecule has 0 aliphatic rings. The third kappa shape index (κ3) is 7.59. The number of hydrogen-bond donors (Lipinski definition) is 1. The zero-order valence-electron chi connectivity index (χ0n) is 11.9. The van der Waals surface area contributed by atoms with E-state index in [4.69, 9.17) is 9.47 Å². The Morgan fingerprint density at radius 2 is 1.95 bits per heavy atom. The van der Waals surface area contributed by atoms with Crippen molar-refractivity contribution in [2.75, 3.05) is 13.2 Å². The topological polar surface area (TPSA) is 47.6 Å².